The quantitative estimate of drug-likeness (QED) is 0.485. The number of ketones is 1. The number of esters is 1. The summed E-state index contributed by atoms with van der Waals surface area (Å²) in [6, 6.07) is 17.9. The zero-order chi connectivity index (χ0) is 14.4. The summed E-state index contributed by atoms with van der Waals surface area (Å²) < 4.78 is 4.62. The first-order valence-corrected chi connectivity index (χ1v) is 6.17. The van der Waals surface area contributed by atoms with Gasteiger partial charge in [-0.05, 0) is 5.56 Å². The van der Waals surface area contributed by atoms with Crippen molar-refractivity contribution in [1.82, 2.24) is 0 Å². The van der Waals surface area contributed by atoms with Crippen molar-refractivity contribution >= 4 is 17.3 Å². The maximum absolute atomic E-state index is 12.5. The second kappa shape index (κ2) is 6.48. The third kappa shape index (κ3) is 3.20. The van der Waals surface area contributed by atoms with Crippen LogP contribution in [0.15, 0.2) is 66.7 Å². The molecular formula is C17H14O3. The topological polar surface area (TPSA) is 43.4 Å². The number of rotatable bonds is 4. The number of carbonyl (C=O) groups is 2. The largest absolute Gasteiger partial charge is 0.466 e. The van der Waals surface area contributed by atoms with Gasteiger partial charge in [-0.3, -0.25) is 4.79 Å². The zero-order valence-corrected chi connectivity index (χ0v) is 11.1. The highest BCUT2D eigenvalue weighted by molar-refractivity contribution is 6.31. The molecular weight excluding hydrogens is 252 g/mol. The maximum Gasteiger partial charge on any atom is 0.331 e. The molecule has 2 rings (SSSR count). The third-order valence-corrected chi connectivity index (χ3v) is 2.83. The number of hydrogen-bond donors (Lipinski definition) is 0. The van der Waals surface area contributed by atoms with E-state index in [1.54, 1.807) is 36.4 Å². The summed E-state index contributed by atoms with van der Waals surface area (Å²) in [5.41, 5.74) is 1.54. The van der Waals surface area contributed by atoms with Gasteiger partial charge in [-0.15, -0.1) is 0 Å². The Morgan fingerprint density at radius 2 is 1.35 bits per heavy atom. The summed E-state index contributed by atoms with van der Waals surface area (Å²) in [5.74, 6) is -0.754. The number of allylic oxidation sites excluding steroid dienone is 1. The van der Waals surface area contributed by atoms with Crippen LogP contribution in [0, 0.1) is 0 Å². The van der Waals surface area contributed by atoms with Gasteiger partial charge >= 0.3 is 5.97 Å². The minimum absolute atomic E-state index is 0.206. The first kappa shape index (κ1) is 13.7. The highest BCUT2D eigenvalue weighted by atomic mass is 16.5. The van der Waals surface area contributed by atoms with E-state index in [4.69, 9.17) is 0 Å². The number of ether oxygens (including phenoxy) is 1. The van der Waals surface area contributed by atoms with E-state index >= 15 is 0 Å². The van der Waals surface area contributed by atoms with Crippen LogP contribution in [0.5, 0.6) is 0 Å². The van der Waals surface area contributed by atoms with Crippen LogP contribution >= 0.6 is 0 Å². The Morgan fingerprint density at radius 1 is 0.850 bits per heavy atom. The fraction of sp³-hybridized carbons (Fsp3) is 0.0588. The van der Waals surface area contributed by atoms with E-state index in [0.717, 1.165) is 0 Å². The lowest BCUT2D eigenvalue weighted by atomic mass is 9.96. The summed E-state index contributed by atoms with van der Waals surface area (Å²) in [6.07, 6.45) is 1.23. The van der Waals surface area contributed by atoms with E-state index in [1.807, 2.05) is 24.3 Å². The van der Waals surface area contributed by atoms with Gasteiger partial charge in [-0.2, -0.15) is 0 Å². The van der Waals surface area contributed by atoms with Crippen LogP contribution in [0.25, 0.3) is 5.57 Å². The van der Waals surface area contributed by atoms with Crippen molar-refractivity contribution in [2.45, 2.75) is 0 Å². The molecule has 0 saturated carbocycles. The van der Waals surface area contributed by atoms with E-state index in [2.05, 4.69) is 4.74 Å². The molecule has 3 heteroatoms. The maximum atomic E-state index is 12.5. The van der Waals surface area contributed by atoms with Crippen LogP contribution in [0.3, 0.4) is 0 Å². The Morgan fingerprint density at radius 3 is 1.85 bits per heavy atom. The number of carbonyl (C=O) groups excluding carboxylic acids is 2. The Bertz CT molecular complexity index is 628. The van der Waals surface area contributed by atoms with Gasteiger partial charge < -0.3 is 4.74 Å². The molecule has 0 radical (unpaired) electrons. The fourth-order valence-electron chi connectivity index (χ4n) is 1.82. The number of methoxy groups -OCH3 is 1. The van der Waals surface area contributed by atoms with E-state index in [1.165, 1.54) is 13.2 Å². The molecule has 0 aliphatic carbocycles. The van der Waals surface area contributed by atoms with Crippen molar-refractivity contribution < 1.29 is 14.3 Å². The molecule has 20 heavy (non-hydrogen) atoms. The summed E-state index contributed by atoms with van der Waals surface area (Å²) in [7, 11) is 1.29. The molecule has 0 fully saturated rings. The van der Waals surface area contributed by atoms with Gasteiger partial charge in [0.1, 0.15) is 0 Å². The van der Waals surface area contributed by atoms with E-state index in [0.29, 0.717) is 16.7 Å². The van der Waals surface area contributed by atoms with Gasteiger partial charge in [-0.25, -0.2) is 4.79 Å². The van der Waals surface area contributed by atoms with Crippen LogP contribution in [-0.4, -0.2) is 18.9 Å². The van der Waals surface area contributed by atoms with Crippen LogP contribution < -0.4 is 0 Å². The lowest BCUT2D eigenvalue weighted by Crippen LogP contribution is -2.06. The van der Waals surface area contributed by atoms with Crippen molar-refractivity contribution in [3.8, 4) is 0 Å². The second-order valence-electron chi connectivity index (χ2n) is 4.14. The molecule has 2 aromatic rings. The summed E-state index contributed by atoms with van der Waals surface area (Å²) >= 11 is 0. The number of benzene rings is 2. The van der Waals surface area contributed by atoms with Crippen LogP contribution in [-0.2, 0) is 9.53 Å². The first-order chi connectivity index (χ1) is 9.72. The van der Waals surface area contributed by atoms with Gasteiger partial charge in [0.2, 0.25) is 0 Å². The SMILES string of the molecule is COC(=O)C=C(C(=O)c1ccccc1)c1ccccc1. The Kier molecular flexibility index (Phi) is 4.45. The molecule has 0 aliphatic rings. The molecule has 0 atom stereocenters. The average molecular weight is 266 g/mol. The highest BCUT2D eigenvalue weighted by Gasteiger charge is 2.15. The van der Waals surface area contributed by atoms with Gasteiger partial charge in [0.15, 0.2) is 5.78 Å². The minimum Gasteiger partial charge on any atom is -0.466 e. The van der Waals surface area contributed by atoms with Gasteiger partial charge in [-0.1, -0.05) is 60.7 Å². The van der Waals surface area contributed by atoms with Crippen LogP contribution in [0.1, 0.15) is 15.9 Å². The summed E-state index contributed by atoms with van der Waals surface area (Å²) in [4.78, 5) is 24.0. The summed E-state index contributed by atoms with van der Waals surface area (Å²) in [6.45, 7) is 0. The third-order valence-electron chi connectivity index (χ3n) is 2.83. The smallest absolute Gasteiger partial charge is 0.331 e. The molecule has 100 valence electrons. The lowest BCUT2D eigenvalue weighted by Gasteiger charge is -2.07. The van der Waals surface area contributed by atoms with Gasteiger partial charge in [0, 0.05) is 17.2 Å². The molecule has 3 nitrogen and oxygen atoms in total. The van der Waals surface area contributed by atoms with Crippen LogP contribution in [0.4, 0.5) is 0 Å². The second-order valence-corrected chi connectivity index (χ2v) is 4.14. The van der Waals surface area contributed by atoms with E-state index in [-0.39, 0.29) is 5.78 Å². The molecule has 0 saturated heterocycles. The molecule has 0 unspecified atom stereocenters. The Labute approximate surface area is 117 Å². The lowest BCUT2D eigenvalue weighted by molar-refractivity contribution is -0.134. The highest BCUT2D eigenvalue weighted by Crippen LogP contribution is 2.19. The molecule has 0 aromatic heterocycles. The molecule has 0 amide bonds. The Hall–Kier alpha value is -2.68. The normalized spacial score (nSPS) is 10.9. The standard InChI is InChI=1S/C17H14O3/c1-20-16(18)12-15(13-8-4-2-5-9-13)17(19)14-10-6-3-7-11-14/h2-12H,1H3. The predicted molar refractivity (Wildman–Crippen MR) is 77.2 cm³/mol. The van der Waals surface area contributed by atoms with E-state index < -0.39 is 5.97 Å². The minimum atomic E-state index is -0.548. The summed E-state index contributed by atoms with van der Waals surface area (Å²) in [5, 5.41) is 0. The predicted octanol–water partition coefficient (Wildman–Crippen LogP) is 3.13. The molecule has 0 bridgehead atoms. The van der Waals surface area contributed by atoms with Crippen LogP contribution in [0.2, 0.25) is 0 Å². The van der Waals surface area contributed by atoms with Gasteiger partial charge in [0.25, 0.3) is 0 Å². The van der Waals surface area contributed by atoms with Crippen molar-refractivity contribution in [2.75, 3.05) is 7.11 Å². The molecule has 0 heterocycles. The van der Waals surface area contributed by atoms with Crippen molar-refractivity contribution in [2.24, 2.45) is 0 Å². The van der Waals surface area contributed by atoms with Crippen molar-refractivity contribution in [1.29, 1.82) is 0 Å². The average Bonchev–Trinajstić information content (AvgIpc) is 2.53. The monoisotopic (exact) mass is 266 g/mol. The molecule has 0 aliphatic heterocycles. The fourth-order valence-corrected chi connectivity index (χ4v) is 1.82. The van der Waals surface area contributed by atoms with Crippen molar-refractivity contribution in [3.05, 3.63) is 77.9 Å². The van der Waals surface area contributed by atoms with E-state index in [9.17, 15) is 9.59 Å². The Balaban J connectivity index is 2.45. The molecule has 2 aromatic carbocycles. The molecule has 0 N–H and O–H groups in total. The number of hydrogen-bond acceptors (Lipinski definition) is 3. The zero-order valence-electron chi connectivity index (χ0n) is 11.1. The molecule has 0 spiro atoms. The van der Waals surface area contributed by atoms with Gasteiger partial charge in [0.05, 0.1) is 7.11 Å². The number of Topliss-reactive ketones (excluding diaryl/α,β-unsaturated/α-hetero) is 1. The first-order valence-electron chi connectivity index (χ1n) is 6.17. The van der Waals surface area contributed by atoms with Crippen molar-refractivity contribution in [3.63, 3.8) is 0 Å².